The fourth-order valence-corrected chi connectivity index (χ4v) is 1.53. The van der Waals surface area contributed by atoms with Gasteiger partial charge in [0, 0.05) is 31.4 Å². The van der Waals surface area contributed by atoms with Crippen LogP contribution in [0.2, 0.25) is 0 Å². The maximum Gasteiger partial charge on any atom is 0.111 e. The number of aromatic amines is 1. The number of hydrogen-bond donors (Lipinski definition) is 2. The quantitative estimate of drug-likeness (QED) is 0.759. The van der Waals surface area contributed by atoms with Gasteiger partial charge in [0.15, 0.2) is 0 Å². The molecule has 2 aromatic rings. The van der Waals surface area contributed by atoms with Crippen molar-refractivity contribution in [2.45, 2.75) is 6.42 Å². The van der Waals surface area contributed by atoms with Crippen LogP contribution in [0.25, 0.3) is 11.3 Å². The monoisotopic (exact) mass is 191 g/mol. The number of aliphatic hydroxyl groups excluding tert-OH is 1. The van der Waals surface area contributed by atoms with Crippen LogP contribution in [0.5, 0.6) is 0 Å². The van der Waals surface area contributed by atoms with Crippen molar-refractivity contribution in [3.63, 3.8) is 0 Å². The summed E-state index contributed by atoms with van der Waals surface area (Å²) in [5.74, 6) is 0.906. The summed E-state index contributed by atoms with van der Waals surface area (Å²) in [6, 6.07) is 2.00. The number of nitrogens with one attached hydrogen (secondary N) is 1. The molecule has 14 heavy (non-hydrogen) atoms. The van der Waals surface area contributed by atoms with E-state index in [1.54, 1.807) is 0 Å². The molecular weight excluding hydrogens is 178 g/mol. The largest absolute Gasteiger partial charge is 0.396 e. The third-order valence-electron chi connectivity index (χ3n) is 2.31. The van der Waals surface area contributed by atoms with E-state index in [0.717, 1.165) is 17.1 Å². The van der Waals surface area contributed by atoms with E-state index in [1.165, 1.54) is 0 Å². The topological polar surface area (TPSA) is 53.8 Å². The Kier molecular flexibility index (Phi) is 2.37. The number of H-pyrrole nitrogens is 1. The van der Waals surface area contributed by atoms with Crippen LogP contribution in [0.15, 0.2) is 24.7 Å². The zero-order chi connectivity index (χ0) is 9.97. The lowest BCUT2D eigenvalue weighted by atomic mass is 10.2. The molecule has 2 rings (SSSR count). The molecule has 4 nitrogen and oxygen atoms in total. The van der Waals surface area contributed by atoms with Crippen molar-refractivity contribution in [1.29, 1.82) is 0 Å². The van der Waals surface area contributed by atoms with E-state index in [0.29, 0.717) is 6.42 Å². The normalized spacial score (nSPS) is 10.7. The first-order valence-electron chi connectivity index (χ1n) is 4.57. The van der Waals surface area contributed by atoms with Crippen LogP contribution < -0.4 is 0 Å². The highest BCUT2D eigenvalue weighted by molar-refractivity contribution is 5.58. The van der Waals surface area contributed by atoms with E-state index in [9.17, 15) is 0 Å². The van der Waals surface area contributed by atoms with Gasteiger partial charge < -0.3 is 14.7 Å². The number of imidazole rings is 1. The highest BCUT2D eigenvalue weighted by Gasteiger charge is 2.07. The van der Waals surface area contributed by atoms with Crippen molar-refractivity contribution in [3.8, 4) is 11.3 Å². The number of hydrogen-bond acceptors (Lipinski definition) is 2. The van der Waals surface area contributed by atoms with Crippen LogP contribution >= 0.6 is 0 Å². The Hall–Kier alpha value is -1.55. The molecule has 0 amide bonds. The van der Waals surface area contributed by atoms with E-state index in [4.69, 9.17) is 5.11 Å². The van der Waals surface area contributed by atoms with E-state index in [-0.39, 0.29) is 6.61 Å². The Morgan fingerprint density at radius 3 is 3.07 bits per heavy atom. The van der Waals surface area contributed by atoms with Gasteiger partial charge in [0.2, 0.25) is 0 Å². The summed E-state index contributed by atoms with van der Waals surface area (Å²) in [6.45, 7) is 0.136. The lowest BCUT2D eigenvalue weighted by Gasteiger charge is -2.02. The number of aliphatic hydroxyl groups is 1. The Morgan fingerprint density at radius 1 is 1.57 bits per heavy atom. The molecule has 0 aliphatic heterocycles. The van der Waals surface area contributed by atoms with Gasteiger partial charge in [-0.15, -0.1) is 0 Å². The Labute approximate surface area is 82.2 Å². The maximum atomic E-state index is 8.82. The van der Waals surface area contributed by atoms with Crippen LogP contribution in [0.4, 0.5) is 0 Å². The Bertz CT molecular complexity index is 403. The second-order valence-corrected chi connectivity index (χ2v) is 3.19. The van der Waals surface area contributed by atoms with E-state index >= 15 is 0 Å². The first-order valence-corrected chi connectivity index (χ1v) is 4.57. The van der Waals surface area contributed by atoms with Crippen LogP contribution in [0.3, 0.4) is 0 Å². The highest BCUT2D eigenvalue weighted by atomic mass is 16.3. The van der Waals surface area contributed by atoms with Gasteiger partial charge in [-0.1, -0.05) is 0 Å². The van der Waals surface area contributed by atoms with Crippen molar-refractivity contribution < 1.29 is 5.11 Å². The maximum absolute atomic E-state index is 8.82. The zero-order valence-corrected chi connectivity index (χ0v) is 8.07. The molecule has 0 saturated heterocycles. The molecule has 74 valence electrons. The molecule has 0 aliphatic rings. The summed E-state index contributed by atoms with van der Waals surface area (Å²) >= 11 is 0. The van der Waals surface area contributed by atoms with Crippen LogP contribution in [0, 0.1) is 0 Å². The average Bonchev–Trinajstić information content (AvgIpc) is 2.77. The minimum absolute atomic E-state index is 0.136. The second-order valence-electron chi connectivity index (χ2n) is 3.19. The van der Waals surface area contributed by atoms with E-state index in [1.807, 2.05) is 36.3 Å². The SMILES string of the molecule is Cn1c(-c2cc[nH]c2)cnc1CCO. The van der Waals surface area contributed by atoms with Gasteiger partial charge in [-0.25, -0.2) is 4.98 Å². The molecule has 2 heterocycles. The first-order chi connectivity index (χ1) is 6.83. The number of rotatable bonds is 3. The smallest absolute Gasteiger partial charge is 0.111 e. The molecule has 0 bridgehead atoms. The molecular formula is C10H13N3O. The molecule has 0 atom stereocenters. The summed E-state index contributed by atoms with van der Waals surface area (Å²) in [7, 11) is 1.96. The summed E-state index contributed by atoms with van der Waals surface area (Å²) in [4.78, 5) is 7.26. The third-order valence-corrected chi connectivity index (χ3v) is 2.31. The van der Waals surface area contributed by atoms with Gasteiger partial charge >= 0.3 is 0 Å². The minimum atomic E-state index is 0.136. The Morgan fingerprint density at radius 2 is 2.43 bits per heavy atom. The van der Waals surface area contributed by atoms with Crippen LogP contribution in [-0.4, -0.2) is 26.2 Å². The molecule has 0 spiro atoms. The van der Waals surface area contributed by atoms with E-state index < -0.39 is 0 Å². The molecule has 0 radical (unpaired) electrons. The summed E-state index contributed by atoms with van der Waals surface area (Å²) < 4.78 is 2.00. The van der Waals surface area contributed by atoms with E-state index in [2.05, 4.69) is 9.97 Å². The molecule has 4 heteroatoms. The lowest BCUT2D eigenvalue weighted by Crippen LogP contribution is -2.01. The number of aromatic nitrogens is 3. The molecule has 2 aromatic heterocycles. The first kappa shape index (κ1) is 9.02. The molecule has 0 fully saturated rings. The van der Waals surface area contributed by atoms with Crippen molar-refractivity contribution in [3.05, 3.63) is 30.5 Å². The van der Waals surface area contributed by atoms with Crippen LogP contribution in [-0.2, 0) is 13.5 Å². The Balaban J connectivity index is 2.36. The summed E-state index contributed by atoms with van der Waals surface area (Å²) in [5.41, 5.74) is 2.18. The fraction of sp³-hybridized carbons (Fsp3) is 0.300. The number of nitrogens with zero attached hydrogens (tertiary/aromatic N) is 2. The molecule has 0 unspecified atom stereocenters. The predicted molar refractivity (Wildman–Crippen MR) is 53.8 cm³/mol. The van der Waals surface area contributed by atoms with Gasteiger partial charge in [-0.3, -0.25) is 0 Å². The molecule has 2 N–H and O–H groups in total. The van der Waals surface area contributed by atoms with Gasteiger partial charge in [-0.05, 0) is 6.07 Å². The van der Waals surface area contributed by atoms with Gasteiger partial charge in [0.1, 0.15) is 5.82 Å². The molecule has 0 aliphatic carbocycles. The van der Waals surface area contributed by atoms with Gasteiger partial charge in [0.25, 0.3) is 0 Å². The molecule has 0 saturated carbocycles. The molecule has 0 aromatic carbocycles. The predicted octanol–water partition coefficient (Wildman–Crippen LogP) is 0.950. The standard InChI is InChI=1S/C10H13N3O/c1-13-9(8-2-4-11-6-8)7-12-10(13)3-5-14/h2,4,6-7,11,14H,3,5H2,1H3. The third kappa shape index (κ3) is 1.44. The van der Waals surface area contributed by atoms with Crippen molar-refractivity contribution >= 4 is 0 Å². The van der Waals surface area contributed by atoms with Crippen molar-refractivity contribution in [1.82, 2.24) is 14.5 Å². The van der Waals surface area contributed by atoms with Crippen LogP contribution in [0.1, 0.15) is 5.82 Å². The fourth-order valence-electron chi connectivity index (χ4n) is 1.53. The highest BCUT2D eigenvalue weighted by Crippen LogP contribution is 2.18. The average molecular weight is 191 g/mol. The summed E-state index contributed by atoms with van der Waals surface area (Å²) in [5, 5.41) is 8.82. The lowest BCUT2D eigenvalue weighted by molar-refractivity contribution is 0.295. The van der Waals surface area contributed by atoms with Gasteiger partial charge in [-0.2, -0.15) is 0 Å². The zero-order valence-electron chi connectivity index (χ0n) is 8.07. The van der Waals surface area contributed by atoms with Crippen molar-refractivity contribution in [2.75, 3.05) is 6.61 Å². The van der Waals surface area contributed by atoms with Gasteiger partial charge in [0.05, 0.1) is 18.5 Å². The second kappa shape index (κ2) is 3.67. The summed E-state index contributed by atoms with van der Waals surface area (Å²) in [6.07, 6.45) is 6.24. The minimum Gasteiger partial charge on any atom is -0.396 e. The van der Waals surface area contributed by atoms with Crippen molar-refractivity contribution in [2.24, 2.45) is 7.05 Å².